The minimum absolute atomic E-state index is 0.000354. The highest BCUT2D eigenvalue weighted by Gasteiger charge is 2.22. The number of carbonyl (C=O) groups is 4. The molecule has 1 aliphatic rings. The van der Waals surface area contributed by atoms with Crippen molar-refractivity contribution in [3.63, 3.8) is 0 Å². The molecule has 0 saturated carbocycles. The number of aliphatic hydroxyl groups is 2. The number of nitrogens with two attached hydrogens (primary N) is 1. The van der Waals surface area contributed by atoms with Gasteiger partial charge in [0.2, 0.25) is 11.8 Å². The summed E-state index contributed by atoms with van der Waals surface area (Å²) in [4.78, 5) is 51.3. The number of hydrogen-bond acceptors (Lipinski definition) is 6. The lowest BCUT2D eigenvalue weighted by Crippen LogP contribution is -2.41. The molecule has 2 aromatic carbocycles. The van der Waals surface area contributed by atoms with Gasteiger partial charge in [-0.3, -0.25) is 19.2 Å². The fourth-order valence-electron chi connectivity index (χ4n) is 4.48. The van der Waals surface area contributed by atoms with Crippen molar-refractivity contribution in [1.29, 1.82) is 0 Å². The number of aliphatic hydroxyl groups excluding tert-OH is 2. The largest absolute Gasteiger partial charge is 0.390 e. The molecule has 0 radical (unpaired) electrons. The summed E-state index contributed by atoms with van der Waals surface area (Å²) >= 11 is 0. The van der Waals surface area contributed by atoms with Crippen LogP contribution in [0.15, 0.2) is 84.0 Å². The zero-order valence-corrected chi connectivity index (χ0v) is 27.0. The molecule has 4 amide bonds. The van der Waals surface area contributed by atoms with Gasteiger partial charge >= 0.3 is 0 Å². The van der Waals surface area contributed by atoms with Gasteiger partial charge < -0.3 is 31.5 Å². The second kappa shape index (κ2) is 19.7. The van der Waals surface area contributed by atoms with Gasteiger partial charge in [-0.25, -0.2) is 8.78 Å². The number of carbonyl (C=O) groups excluding carboxylic acids is 4. The van der Waals surface area contributed by atoms with Crippen LogP contribution in [0.5, 0.6) is 0 Å². The summed E-state index contributed by atoms with van der Waals surface area (Å²) in [6, 6.07) is 13.2. The van der Waals surface area contributed by atoms with E-state index < -0.39 is 41.6 Å². The molecule has 0 aromatic heterocycles. The average molecular weight is 655 g/mol. The van der Waals surface area contributed by atoms with E-state index in [0.29, 0.717) is 13.1 Å². The Morgan fingerprint density at radius 3 is 2.13 bits per heavy atom. The Morgan fingerprint density at radius 2 is 1.51 bits per heavy atom. The lowest BCUT2D eigenvalue weighted by Gasteiger charge is -2.22. The van der Waals surface area contributed by atoms with Crippen molar-refractivity contribution in [3.8, 4) is 0 Å². The number of halogens is 2. The first-order chi connectivity index (χ1) is 22.3. The van der Waals surface area contributed by atoms with E-state index in [4.69, 9.17) is 5.73 Å². The minimum atomic E-state index is -1.42. The first-order valence-electron chi connectivity index (χ1n) is 15.4. The number of amides is 4. The van der Waals surface area contributed by atoms with Crippen LogP contribution in [0.25, 0.3) is 0 Å². The number of hydrogen-bond donors (Lipinski definition) is 5. The molecule has 2 atom stereocenters. The molecule has 0 saturated heterocycles. The van der Waals surface area contributed by atoms with E-state index in [1.807, 2.05) is 44.2 Å². The second-order valence-corrected chi connectivity index (χ2v) is 11.0. The molecule has 254 valence electrons. The Labute approximate surface area is 274 Å². The number of allylic oxidation sites excluding steroid dienone is 6. The molecule has 0 spiro atoms. The van der Waals surface area contributed by atoms with Crippen molar-refractivity contribution in [2.24, 2.45) is 5.73 Å². The molecule has 1 aliphatic carbocycles. The monoisotopic (exact) mass is 654 g/mol. The summed E-state index contributed by atoms with van der Waals surface area (Å²) in [7, 11) is 0. The number of primary amides is 1. The van der Waals surface area contributed by atoms with Crippen LogP contribution in [0.4, 0.5) is 8.78 Å². The Kier molecular flexibility index (Phi) is 16.2. The number of nitrogens with zero attached hydrogens (tertiary/aromatic N) is 1. The van der Waals surface area contributed by atoms with Crippen molar-refractivity contribution in [2.45, 2.75) is 65.2 Å². The van der Waals surface area contributed by atoms with Gasteiger partial charge in [0.25, 0.3) is 11.8 Å². The predicted octanol–water partition coefficient (Wildman–Crippen LogP) is 4.25. The predicted molar refractivity (Wildman–Crippen MR) is 175 cm³/mol. The van der Waals surface area contributed by atoms with Gasteiger partial charge in [-0.15, -0.1) is 0 Å². The van der Waals surface area contributed by atoms with Crippen LogP contribution in [-0.2, 0) is 11.3 Å². The number of benzene rings is 2. The summed E-state index contributed by atoms with van der Waals surface area (Å²) in [5.74, 6) is -3.18. The van der Waals surface area contributed by atoms with Gasteiger partial charge in [0.05, 0.1) is 18.6 Å². The molecule has 0 heterocycles. The van der Waals surface area contributed by atoms with Crippen LogP contribution in [0.1, 0.15) is 83.1 Å². The van der Waals surface area contributed by atoms with Crippen LogP contribution in [0.2, 0.25) is 0 Å². The zero-order valence-electron chi connectivity index (χ0n) is 27.0. The first-order valence-corrected chi connectivity index (χ1v) is 15.4. The van der Waals surface area contributed by atoms with Crippen LogP contribution in [-0.4, -0.2) is 70.6 Å². The van der Waals surface area contributed by atoms with E-state index in [-0.39, 0.29) is 48.5 Å². The van der Waals surface area contributed by atoms with Crippen LogP contribution < -0.4 is 16.4 Å². The molecular formula is C35H44F2N4O6. The summed E-state index contributed by atoms with van der Waals surface area (Å²) < 4.78 is 24.9. The fraction of sp³-hybridized carbons (Fsp3) is 0.371. The SMILES string of the molecule is CC1=CCC(F)=CC(F)=C1.CCCN(CCC)C(=O)c1cc(C(N)=O)cc(C(=O)NCC(O)C(O)CC(=O)NCc2ccccc2)c1. The van der Waals surface area contributed by atoms with Crippen molar-refractivity contribution < 1.29 is 38.2 Å². The highest BCUT2D eigenvalue weighted by Crippen LogP contribution is 2.17. The maximum absolute atomic E-state index is 13.0. The van der Waals surface area contributed by atoms with E-state index in [1.165, 1.54) is 24.3 Å². The van der Waals surface area contributed by atoms with E-state index in [9.17, 15) is 38.2 Å². The third-order valence-corrected chi connectivity index (χ3v) is 6.92. The Balaban J connectivity index is 0.000000651. The maximum atomic E-state index is 13.0. The molecule has 0 bridgehead atoms. The highest BCUT2D eigenvalue weighted by molar-refractivity contribution is 6.04. The summed E-state index contributed by atoms with van der Waals surface area (Å²) in [6.07, 6.45) is 2.38. The van der Waals surface area contributed by atoms with Crippen molar-refractivity contribution in [2.75, 3.05) is 19.6 Å². The fourth-order valence-corrected chi connectivity index (χ4v) is 4.48. The minimum Gasteiger partial charge on any atom is -0.390 e. The highest BCUT2D eigenvalue weighted by atomic mass is 19.1. The van der Waals surface area contributed by atoms with E-state index in [1.54, 1.807) is 17.9 Å². The third kappa shape index (κ3) is 13.7. The smallest absolute Gasteiger partial charge is 0.253 e. The first kappa shape index (κ1) is 38.5. The van der Waals surface area contributed by atoms with Crippen molar-refractivity contribution >= 4 is 23.6 Å². The Bertz CT molecular complexity index is 1470. The molecular weight excluding hydrogens is 610 g/mol. The van der Waals surface area contributed by atoms with Gasteiger partial charge in [-0.2, -0.15) is 0 Å². The van der Waals surface area contributed by atoms with Crippen LogP contribution >= 0.6 is 0 Å². The van der Waals surface area contributed by atoms with E-state index >= 15 is 0 Å². The lowest BCUT2D eigenvalue weighted by atomic mass is 10.0. The van der Waals surface area contributed by atoms with Crippen molar-refractivity contribution in [1.82, 2.24) is 15.5 Å². The summed E-state index contributed by atoms with van der Waals surface area (Å²) in [5.41, 5.74) is 7.23. The van der Waals surface area contributed by atoms with E-state index in [2.05, 4.69) is 10.6 Å². The normalized spacial score (nSPS) is 13.7. The standard InChI is InChI=1S/C27H36N4O6.C8H8F2/c1-3-10-31(11-4-2)27(37)21-13-19(25(28)35)12-20(14-21)26(36)30-17-23(33)22(32)15-24(34)29-16-18-8-6-5-7-9-18;1-6-2-3-7(9)5-8(10)4-6/h5-9,12-14,22-23,32-33H,3-4,10-11,15-17H2,1-2H3,(H2,28,35)(H,29,34)(H,30,36);2,4-5H,3H2,1H3. The Morgan fingerprint density at radius 1 is 0.894 bits per heavy atom. The average Bonchev–Trinajstić information content (AvgIpc) is 3.20. The third-order valence-electron chi connectivity index (χ3n) is 6.92. The molecule has 6 N–H and O–H groups in total. The van der Waals surface area contributed by atoms with Crippen molar-refractivity contribution in [3.05, 3.63) is 106 Å². The quantitative estimate of drug-likeness (QED) is 0.205. The van der Waals surface area contributed by atoms with Gasteiger partial charge in [0.1, 0.15) is 11.7 Å². The van der Waals surface area contributed by atoms with E-state index in [0.717, 1.165) is 30.1 Å². The van der Waals surface area contributed by atoms with Crippen LogP contribution in [0, 0.1) is 0 Å². The summed E-state index contributed by atoms with van der Waals surface area (Å²) in [6.45, 7) is 6.61. The second-order valence-electron chi connectivity index (χ2n) is 11.0. The maximum Gasteiger partial charge on any atom is 0.253 e. The molecule has 2 unspecified atom stereocenters. The molecule has 3 rings (SSSR count). The Hall–Kier alpha value is -4.68. The lowest BCUT2D eigenvalue weighted by molar-refractivity contribution is -0.124. The molecule has 47 heavy (non-hydrogen) atoms. The molecule has 0 aliphatic heterocycles. The number of nitrogens with one attached hydrogen (secondary N) is 2. The zero-order chi connectivity index (χ0) is 34.9. The molecule has 0 fully saturated rings. The number of rotatable bonds is 14. The van der Waals surface area contributed by atoms with Gasteiger partial charge in [-0.05, 0) is 49.6 Å². The van der Waals surface area contributed by atoms with Gasteiger partial charge in [0.15, 0.2) is 0 Å². The van der Waals surface area contributed by atoms with Gasteiger partial charge in [0, 0.05) is 55.4 Å². The molecule has 12 heteroatoms. The van der Waals surface area contributed by atoms with Gasteiger partial charge in [-0.1, -0.05) is 55.8 Å². The summed E-state index contributed by atoms with van der Waals surface area (Å²) in [5, 5.41) is 25.6. The topological polar surface area (TPSA) is 162 Å². The van der Waals surface area contributed by atoms with Crippen LogP contribution in [0.3, 0.4) is 0 Å². The molecule has 10 nitrogen and oxygen atoms in total. The molecule has 2 aromatic rings.